The number of benzene rings is 2. The number of hydrogen-bond acceptors (Lipinski definition) is 5. The van der Waals surface area contributed by atoms with Crippen LogP contribution in [-0.2, 0) is 0 Å². The quantitative estimate of drug-likeness (QED) is 0.635. The monoisotopic (exact) mass is 415 g/mol. The predicted molar refractivity (Wildman–Crippen MR) is 118 cm³/mol. The van der Waals surface area contributed by atoms with Crippen LogP contribution in [0.3, 0.4) is 0 Å². The predicted octanol–water partition coefficient (Wildman–Crippen LogP) is 4.67. The largest absolute Gasteiger partial charge is 0.375 e. The maximum atomic E-state index is 13.1. The number of halogens is 1. The van der Waals surface area contributed by atoms with E-state index in [1.165, 1.54) is 24.2 Å². The first-order chi connectivity index (χ1) is 13.6. The normalized spacial score (nSPS) is 14.5. The minimum absolute atomic E-state index is 0.168. The van der Waals surface area contributed by atoms with Crippen molar-refractivity contribution in [3.63, 3.8) is 0 Å². The molecule has 0 aliphatic carbocycles. The van der Waals surface area contributed by atoms with Crippen LogP contribution in [0.15, 0.2) is 42.5 Å². The van der Waals surface area contributed by atoms with Gasteiger partial charge in [0, 0.05) is 29.5 Å². The second kappa shape index (κ2) is 8.34. The molecule has 4 rings (SSSR count). The molecule has 1 aromatic heterocycles. The van der Waals surface area contributed by atoms with Gasteiger partial charge in [-0.05, 0) is 68.4 Å². The van der Waals surface area contributed by atoms with Gasteiger partial charge in [-0.1, -0.05) is 22.9 Å². The number of nitrogens with zero attached hydrogens (tertiary/aromatic N) is 3. The SMILES string of the molecule is Nc1nc2ccc(N(CCN3CCCC3)C(=O)Nc3ccc(Cl)cc3)cc2s1. The van der Waals surface area contributed by atoms with Crippen LogP contribution in [-0.4, -0.2) is 42.1 Å². The maximum Gasteiger partial charge on any atom is 0.326 e. The van der Waals surface area contributed by atoms with E-state index in [1.807, 2.05) is 18.2 Å². The van der Waals surface area contributed by atoms with E-state index < -0.39 is 0 Å². The highest BCUT2D eigenvalue weighted by molar-refractivity contribution is 7.22. The van der Waals surface area contributed by atoms with Crippen LogP contribution in [0, 0.1) is 0 Å². The van der Waals surface area contributed by atoms with Crippen molar-refractivity contribution in [2.75, 3.05) is 42.1 Å². The van der Waals surface area contributed by atoms with E-state index in [1.54, 1.807) is 29.2 Å². The van der Waals surface area contributed by atoms with E-state index in [0.29, 0.717) is 22.4 Å². The first-order valence-electron chi connectivity index (χ1n) is 9.31. The topological polar surface area (TPSA) is 74.5 Å². The summed E-state index contributed by atoms with van der Waals surface area (Å²) >= 11 is 7.37. The molecule has 0 bridgehead atoms. The van der Waals surface area contributed by atoms with E-state index in [4.69, 9.17) is 17.3 Å². The average molecular weight is 416 g/mol. The van der Waals surface area contributed by atoms with Gasteiger partial charge in [0.2, 0.25) is 0 Å². The molecule has 2 aromatic carbocycles. The lowest BCUT2D eigenvalue weighted by Crippen LogP contribution is -2.40. The lowest BCUT2D eigenvalue weighted by atomic mass is 10.2. The van der Waals surface area contributed by atoms with Gasteiger partial charge >= 0.3 is 6.03 Å². The van der Waals surface area contributed by atoms with Gasteiger partial charge in [-0.2, -0.15) is 0 Å². The minimum Gasteiger partial charge on any atom is -0.375 e. The minimum atomic E-state index is -0.168. The Morgan fingerprint density at radius 3 is 2.71 bits per heavy atom. The molecule has 1 aliphatic rings. The Morgan fingerprint density at radius 2 is 1.96 bits per heavy atom. The number of carbonyl (C=O) groups is 1. The molecule has 28 heavy (non-hydrogen) atoms. The fourth-order valence-electron chi connectivity index (χ4n) is 3.42. The highest BCUT2D eigenvalue weighted by Crippen LogP contribution is 2.29. The molecule has 0 saturated carbocycles. The first-order valence-corrected chi connectivity index (χ1v) is 10.5. The van der Waals surface area contributed by atoms with Crippen molar-refractivity contribution in [2.45, 2.75) is 12.8 Å². The third-order valence-corrected chi connectivity index (χ3v) is 5.98. The number of amides is 2. The lowest BCUT2D eigenvalue weighted by molar-refractivity contribution is 0.255. The summed E-state index contributed by atoms with van der Waals surface area (Å²) in [5.41, 5.74) is 8.23. The first kappa shape index (κ1) is 19.0. The van der Waals surface area contributed by atoms with Crippen LogP contribution in [0.1, 0.15) is 12.8 Å². The molecule has 146 valence electrons. The van der Waals surface area contributed by atoms with Gasteiger partial charge in [0.05, 0.1) is 10.2 Å². The van der Waals surface area contributed by atoms with E-state index in [-0.39, 0.29) is 6.03 Å². The second-order valence-electron chi connectivity index (χ2n) is 6.84. The highest BCUT2D eigenvalue weighted by Gasteiger charge is 2.20. The number of carbonyl (C=O) groups excluding carboxylic acids is 1. The Balaban J connectivity index is 1.57. The van der Waals surface area contributed by atoms with Crippen LogP contribution >= 0.6 is 22.9 Å². The van der Waals surface area contributed by atoms with Gasteiger partial charge < -0.3 is 16.0 Å². The number of likely N-dealkylation sites (tertiary alicyclic amines) is 1. The van der Waals surface area contributed by atoms with Gasteiger partial charge in [0.25, 0.3) is 0 Å². The fourth-order valence-corrected chi connectivity index (χ4v) is 4.31. The Kier molecular flexibility index (Phi) is 5.66. The van der Waals surface area contributed by atoms with Crippen molar-refractivity contribution in [1.82, 2.24) is 9.88 Å². The van der Waals surface area contributed by atoms with Crippen LogP contribution in [0.4, 0.5) is 21.3 Å². The number of nitrogens with two attached hydrogens (primary N) is 1. The standard InChI is InChI=1S/C20H22ClN5OS/c21-14-3-5-15(6-4-14)23-20(27)26(12-11-25-9-1-2-10-25)16-7-8-17-18(13-16)28-19(22)24-17/h3-8,13H,1-2,9-12H2,(H2,22,24)(H,23,27). The molecule has 3 N–H and O–H groups in total. The summed E-state index contributed by atoms with van der Waals surface area (Å²) in [5.74, 6) is 0. The molecule has 2 amide bonds. The van der Waals surface area contributed by atoms with Crippen LogP contribution in [0.25, 0.3) is 10.2 Å². The average Bonchev–Trinajstić information content (AvgIpc) is 3.32. The molecular formula is C20H22ClN5OS. The van der Waals surface area contributed by atoms with E-state index in [0.717, 1.165) is 35.5 Å². The summed E-state index contributed by atoms with van der Waals surface area (Å²) in [4.78, 5) is 21.5. The van der Waals surface area contributed by atoms with Crippen LogP contribution in [0.2, 0.25) is 5.02 Å². The van der Waals surface area contributed by atoms with Crippen LogP contribution in [0.5, 0.6) is 0 Å². The zero-order valence-corrected chi connectivity index (χ0v) is 17.0. The summed E-state index contributed by atoms with van der Waals surface area (Å²) in [6.45, 7) is 3.64. The maximum absolute atomic E-state index is 13.1. The summed E-state index contributed by atoms with van der Waals surface area (Å²) in [5, 5.41) is 4.13. The van der Waals surface area contributed by atoms with E-state index >= 15 is 0 Å². The molecule has 6 nitrogen and oxygen atoms in total. The number of hydrogen-bond donors (Lipinski definition) is 2. The summed E-state index contributed by atoms with van der Waals surface area (Å²) in [6, 6.07) is 12.8. The Bertz CT molecular complexity index is 968. The number of urea groups is 1. The second-order valence-corrected chi connectivity index (χ2v) is 8.34. The van der Waals surface area contributed by atoms with Gasteiger partial charge in [-0.25, -0.2) is 9.78 Å². The number of nitrogens with one attached hydrogen (secondary N) is 1. The van der Waals surface area contributed by atoms with Crippen molar-refractivity contribution in [2.24, 2.45) is 0 Å². The molecule has 0 radical (unpaired) electrons. The molecule has 0 spiro atoms. The van der Waals surface area contributed by atoms with Gasteiger partial charge in [-0.3, -0.25) is 4.90 Å². The third-order valence-electron chi connectivity index (χ3n) is 4.88. The van der Waals surface area contributed by atoms with E-state index in [9.17, 15) is 4.79 Å². The molecule has 3 aromatic rings. The van der Waals surface area contributed by atoms with Crippen molar-refractivity contribution in [3.8, 4) is 0 Å². The van der Waals surface area contributed by atoms with Crippen LogP contribution < -0.4 is 16.0 Å². The fraction of sp³-hybridized carbons (Fsp3) is 0.300. The Morgan fingerprint density at radius 1 is 1.21 bits per heavy atom. The van der Waals surface area contributed by atoms with Gasteiger partial charge in [-0.15, -0.1) is 0 Å². The van der Waals surface area contributed by atoms with Crippen molar-refractivity contribution >= 4 is 55.7 Å². The van der Waals surface area contributed by atoms with Crippen molar-refractivity contribution in [1.29, 1.82) is 0 Å². The van der Waals surface area contributed by atoms with Gasteiger partial charge in [0.1, 0.15) is 0 Å². The number of anilines is 3. The number of nitrogen functional groups attached to an aromatic ring is 1. The molecule has 1 saturated heterocycles. The smallest absolute Gasteiger partial charge is 0.326 e. The van der Waals surface area contributed by atoms with Crippen molar-refractivity contribution in [3.05, 3.63) is 47.5 Å². The molecule has 8 heteroatoms. The Hall–Kier alpha value is -2.35. The summed E-state index contributed by atoms with van der Waals surface area (Å²) < 4.78 is 0.973. The van der Waals surface area contributed by atoms with Crippen molar-refractivity contribution < 1.29 is 4.79 Å². The lowest BCUT2D eigenvalue weighted by Gasteiger charge is -2.26. The van der Waals surface area contributed by atoms with Gasteiger partial charge in [0.15, 0.2) is 5.13 Å². The summed E-state index contributed by atoms with van der Waals surface area (Å²) in [6.07, 6.45) is 2.45. The number of aromatic nitrogens is 1. The number of thiazole rings is 1. The highest BCUT2D eigenvalue weighted by atomic mass is 35.5. The molecule has 0 unspecified atom stereocenters. The Labute approximate surface area is 172 Å². The zero-order valence-electron chi connectivity index (χ0n) is 15.4. The molecule has 2 heterocycles. The zero-order chi connectivity index (χ0) is 19.5. The number of rotatable bonds is 5. The molecule has 1 aliphatic heterocycles. The molecule has 0 atom stereocenters. The molecular weight excluding hydrogens is 394 g/mol. The third kappa shape index (κ3) is 4.38. The summed E-state index contributed by atoms with van der Waals surface area (Å²) in [7, 11) is 0. The van der Waals surface area contributed by atoms with E-state index in [2.05, 4.69) is 15.2 Å². The molecule has 1 fully saturated rings. The number of fused-ring (bicyclic) bond motifs is 1.